The summed E-state index contributed by atoms with van der Waals surface area (Å²) in [5.41, 5.74) is 0.856. The predicted molar refractivity (Wildman–Crippen MR) is 102 cm³/mol. The number of likely N-dealkylation sites (tertiary alicyclic amines) is 1. The number of hydrogen-bond donors (Lipinski definition) is 1. The molecular formula is C20H25N3O4. The molecule has 1 fully saturated rings. The van der Waals surface area contributed by atoms with Gasteiger partial charge < -0.3 is 15.0 Å². The lowest BCUT2D eigenvalue weighted by Crippen LogP contribution is -2.46. The summed E-state index contributed by atoms with van der Waals surface area (Å²) in [6, 6.07) is 9.59. The van der Waals surface area contributed by atoms with E-state index in [0.717, 1.165) is 10.9 Å². The van der Waals surface area contributed by atoms with Crippen molar-refractivity contribution in [2.24, 2.45) is 0 Å². The SMILES string of the molecule is CCOC(=O)N1CCC(NC(=O)CCC(=O)n2ccc3ccccc32)CC1. The molecule has 7 nitrogen and oxygen atoms in total. The van der Waals surface area contributed by atoms with Crippen LogP contribution in [0.25, 0.3) is 10.9 Å². The molecule has 0 bridgehead atoms. The Morgan fingerprint density at radius 2 is 1.85 bits per heavy atom. The van der Waals surface area contributed by atoms with Crippen LogP contribution < -0.4 is 5.32 Å². The molecule has 2 heterocycles. The molecule has 0 atom stereocenters. The number of para-hydroxylation sites is 1. The van der Waals surface area contributed by atoms with Gasteiger partial charge in [-0.1, -0.05) is 18.2 Å². The number of fused-ring (bicyclic) bond motifs is 1. The second-order valence-corrected chi connectivity index (χ2v) is 6.67. The first kappa shape index (κ1) is 18.9. The van der Waals surface area contributed by atoms with E-state index in [-0.39, 0.29) is 36.8 Å². The van der Waals surface area contributed by atoms with Crippen LogP contribution in [0, 0.1) is 0 Å². The third kappa shape index (κ3) is 4.67. The first-order valence-electron chi connectivity index (χ1n) is 9.39. The van der Waals surface area contributed by atoms with Gasteiger partial charge in [-0.05, 0) is 31.9 Å². The number of ether oxygens (including phenoxy) is 1. The van der Waals surface area contributed by atoms with Crippen LogP contribution in [0.15, 0.2) is 36.5 Å². The van der Waals surface area contributed by atoms with E-state index < -0.39 is 0 Å². The zero-order valence-corrected chi connectivity index (χ0v) is 15.5. The fraction of sp³-hybridized carbons (Fsp3) is 0.450. The molecule has 0 radical (unpaired) electrons. The van der Waals surface area contributed by atoms with Crippen LogP contribution in [0.2, 0.25) is 0 Å². The van der Waals surface area contributed by atoms with Crippen molar-refractivity contribution in [3.05, 3.63) is 36.5 Å². The average Bonchev–Trinajstić information content (AvgIpc) is 3.11. The van der Waals surface area contributed by atoms with Gasteiger partial charge in [0.1, 0.15) is 0 Å². The minimum absolute atomic E-state index is 0.0330. The van der Waals surface area contributed by atoms with E-state index in [0.29, 0.717) is 32.5 Å². The fourth-order valence-corrected chi connectivity index (χ4v) is 3.36. The highest BCUT2D eigenvalue weighted by Gasteiger charge is 2.24. The molecule has 144 valence electrons. The van der Waals surface area contributed by atoms with Gasteiger partial charge in [0, 0.05) is 43.6 Å². The van der Waals surface area contributed by atoms with Crippen molar-refractivity contribution in [3.63, 3.8) is 0 Å². The molecule has 1 aromatic heterocycles. The number of aromatic nitrogens is 1. The Morgan fingerprint density at radius 1 is 1.11 bits per heavy atom. The van der Waals surface area contributed by atoms with Crippen molar-refractivity contribution in [1.82, 2.24) is 14.8 Å². The Morgan fingerprint density at radius 3 is 2.59 bits per heavy atom. The number of carbonyl (C=O) groups excluding carboxylic acids is 3. The van der Waals surface area contributed by atoms with Crippen molar-refractivity contribution in [2.75, 3.05) is 19.7 Å². The van der Waals surface area contributed by atoms with Crippen molar-refractivity contribution in [2.45, 2.75) is 38.6 Å². The molecule has 3 rings (SSSR count). The van der Waals surface area contributed by atoms with Gasteiger partial charge in [0.05, 0.1) is 12.1 Å². The maximum atomic E-state index is 12.4. The molecule has 1 aliphatic rings. The summed E-state index contributed by atoms with van der Waals surface area (Å²) < 4.78 is 6.59. The van der Waals surface area contributed by atoms with E-state index in [2.05, 4.69) is 5.32 Å². The topological polar surface area (TPSA) is 80.6 Å². The molecule has 0 spiro atoms. The third-order valence-corrected chi connectivity index (χ3v) is 4.82. The van der Waals surface area contributed by atoms with Crippen LogP contribution in [-0.4, -0.2) is 53.1 Å². The molecule has 0 unspecified atom stereocenters. The van der Waals surface area contributed by atoms with E-state index in [9.17, 15) is 14.4 Å². The molecule has 2 aromatic rings. The van der Waals surface area contributed by atoms with E-state index in [1.165, 1.54) is 0 Å². The number of piperidine rings is 1. The molecule has 0 aliphatic carbocycles. The maximum absolute atomic E-state index is 12.4. The minimum atomic E-state index is -0.299. The first-order chi connectivity index (χ1) is 13.1. The van der Waals surface area contributed by atoms with Crippen LogP contribution in [0.5, 0.6) is 0 Å². The summed E-state index contributed by atoms with van der Waals surface area (Å²) >= 11 is 0. The van der Waals surface area contributed by atoms with Gasteiger partial charge in [-0.15, -0.1) is 0 Å². The smallest absolute Gasteiger partial charge is 0.409 e. The summed E-state index contributed by atoms with van der Waals surface area (Å²) in [5, 5.41) is 3.97. The molecule has 27 heavy (non-hydrogen) atoms. The predicted octanol–water partition coefficient (Wildman–Crippen LogP) is 2.80. The zero-order chi connectivity index (χ0) is 19.2. The van der Waals surface area contributed by atoms with Crippen molar-refractivity contribution >= 4 is 28.8 Å². The van der Waals surface area contributed by atoms with E-state index >= 15 is 0 Å². The van der Waals surface area contributed by atoms with Crippen molar-refractivity contribution < 1.29 is 19.1 Å². The standard InChI is InChI=1S/C20H25N3O4/c1-2-27-20(26)22-12-10-16(11-13-22)21-18(24)7-8-19(25)23-14-9-15-5-3-4-6-17(15)23/h3-6,9,14,16H,2,7-8,10-13H2,1H3,(H,21,24). The van der Waals surface area contributed by atoms with Crippen molar-refractivity contribution in [1.29, 1.82) is 0 Å². The maximum Gasteiger partial charge on any atom is 0.409 e. The highest BCUT2D eigenvalue weighted by atomic mass is 16.6. The Hall–Kier alpha value is -2.83. The molecule has 1 N–H and O–H groups in total. The molecule has 0 saturated carbocycles. The number of nitrogens with zero attached hydrogens (tertiary/aromatic N) is 2. The minimum Gasteiger partial charge on any atom is -0.450 e. The van der Waals surface area contributed by atoms with Gasteiger partial charge in [-0.25, -0.2) is 4.79 Å². The Labute approximate surface area is 158 Å². The molecule has 2 amide bonds. The Bertz CT molecular complexity index is 821. The van der Waals surface area contributed by atoms with Crippen LogP contribution >= 0.6 is 0 Å². The summed E-state index contributed by atoms with van der Waals surface area (Å²) in [6.07, 6.45) is 3.15. The normalized spacial score (nSPS) is 14.9. The Kier molecular flexibility index (Phi) is 6.11. The number of nitrogens with one attached hydrogen (secondary N) is 1. The molecule has 7 heteroatoms. The van der Waals surface area contributed by atoms with E-state index in [4.69, 9.17) is 4.74 Å². The number of carbonyl (C=O) groups is 3. The number of amides is 2. The fourth-order valence-electron chi connectivity index (χ4n) is 3.36. The number of hydrogen-bond acceptors (Lipinski definition) is 4. The van der Waals surface area contributed by atoms with Gasteiger partial charge >= 0.3 is 6.09 Å². The molecule has 1 aromatic carbocycles. The van der Waals surface area contributed by atoms with E-state index in [1.807, 2.05) is 30.3 Å². The second-order valence-electron chi connectivity index (χ2n) is 6.67. The second kappa shape index (κ2) is 8.70. The van der Waals surface area contributed by atoms with Gasteiger partial charge in [0.2, 0.25) is 11.8 Å². The van der Waals surface area contributed by atoms with Gasteiger partial charge in [0.25, 0.3) is 0 Å². The van der Waals surface area contributed by atoms with Crippen molar-refractivity contribution in [3.8, 4) is 0 Å². The third-order valence-electron chi connectivity index (χ3n) is 4.82. The lowest BCUT2D eigenvalue weighted by molar-refractivity contribution is -0.122. The highest BCUT2D eigenvalue weighted by Crippen LogP contribution is 2.16. The summed E-state index contributed by atoms with van der Waals surface area (Å²) in [4.78, 5) is 38.0. The van der Waals surface area contributed by atoms with Crippen LogP contribution in [0.4, 0.5) is 4.79 Å². The highest BCUT2D eigenvalue weighted by molar-refractivity contribution is 5.93. The lowest BCUT2D eigenvalue weighted by Gasteiger charge is -2.31. The average molecular weight is 371 g/mol. The number of benzene rings is 1. The van der Waals surface area contributed by atoms with Crippen LogP contribution in [0.3, 0.4) is 0 Å². The largest absolute Gasteiger partial charge is 0.450 e. The lowest BCUT2D eigenvalue weighted by atomic mass is 10.1. The monoisotopic (exact) mass is 371 g/mol. The van der Waals surface area contributed by atoms with Gasteiger partial charge in [0.15, 0.2) is 0 Å². The summed E-state index contributed by atoms with van der Waals surface area (Å²) in [7, 11) is 0. The molecular weight excluding hydrogens is 346 g/mol. The summed E-state index contributed by atoms with van der Waals surface area (Å²) in [5.74, 6) is -0.224. The summed E-state index contributed by atoms with van der Waals surface area (Å²) in [6.45, 7) is 3.28. The molecule has 1 saturated heterocycles. The van der Waals surface area contributed by atoms with Crippen LogP contribution in [-0.2, 0) is 9.53 Å². The quantitative estimate of drug-likeness (QED) is 0.876. The molecule has 1 aliphatic heterocycles. The van der Waals surface area contributed by atoms with Gasteiger partial charge in [-0.2, -0.15) is 0 Å². The van der Waals surface area contributed by atoms with Crippen LogP contribution in [0.1, 0.15) is 37.4 Å². The van der Waals surface area contributed by atoms with E-state index in [1.54, 1.807) is 22.6 Å². The van der Waals surface area contributed by atoms with Gasteiger partial charge in [-0.3, -0.25) is 14.2 Å². The zero-order valence-electron chi connectivity index (χ0n) is 15.5. The first-order valence-corrected chi connectivity index (χ1v) is 9.39. The number of rotatable bonds is 5. The Balaban J connectivity index is 1.44.